The molecular formula is C28H33F3N2O6S. The van der Waals surface area contributed by atoms with Gasteiger partial charge in [-0.05, 0) is 31.9 Å². The van der Waals surface area contributed by atoms with Crippen LogP contribution in [-0.4, -0.2) is 76.0 Å². The summed E-state index contributed by atoms with van der Waals surface area (Å²) in [6, 6.07) is 17.2. The molecule has 2 aromatic rings. The molecule has 2 aromatic carbocycles. The number of alkyl halides is 3. The Morgan fingerprint density at radius 2 is 1.52 bits per heavy atom. The summed E-state index contributed by atoms with van der Waals surface area (Å²) in [5.41, 5.74) is -0.223. The fourth-order valence-electron chi connectivity index (χ4n) is 4.27. The van der Waals surface area contributed by atoms with Crippen LogP contribution in [0.4, 0.5) is 18.0 Å². The van der Waals surface area contributed by atoms with Crippen molar-refractivity contribution >= 4 is 23.0 Å². The maximum absolute atomic E-state index is 13.8. The molecule has 218 valence electrons. The topological polar surface area (TPSA) is 89.8 Å². The quantitative estimate of drug-likeness (QED) is 0.484. The highest BCUT2D eigenvalue weighted by Gasteiger charge is 2.58. The number of carbonyl (C=O) groups excluding carboxylic acids is 1. The Labute approximate surface area is 235 Å². The molecule has 1 N–H and O–H groups in total. The zero-order chi connectivity index (χ0) is 29.1. The van der Waals surface area contributed by atoms with Crippen LogP contribution in [0.3, 0.4) is 0 Å². The molecule has 8 nitrogen and oxygen atoms in total. The minimum Gasteiger partial charge on any atom is -0.443 e. The molecular weight excluding hydrogens is 549 g/mol. The number of aliphatic hydroxyl groups is 1. The van der Waals surface area contributed by atoms with Crippen LogP contribution in [0, 0.1) is 0 Å². The Hall–Kier alpha value is -2.64. The van der Waals surface area contributed by atoms with Crippen LogP contribution >= 0.6 is 11.8 Å². The lowest BCUT2D eigenvalue weighted by Crippen LogP contribution is -2.62. The van der Waals surface area contributed by atoms with Crippen molar-refractivity contribution in [2.24, 2.45) is 4.99 Å². The number of nitrogens with zero attached hydrogens (tertiary/aromatic N) is 2. The van der Waals surface area contributed by atoms with Gasteiger partial charge in [-0.3, -0.25) is 9.89 Å². The highest BCUT2D eigenvalue weighted by molar-refractivity contribution is 8.14. The number of hydrogen-bond donors (Lipinski definition) is 1. The fourth-order valence-corrected chi connectivity index (χ4v) is 5.44. The summed E-state index contributed by atoms with van der Waals surface area (Å²) in [6.45, 7) is 5.18. The number of hydrogen-bond acceptors (Lipinski definition) is 8. The first-order valence-electron chi connectivity index (χ1n) is 12.8. The van der Waals surface area contributed by atoms with Crippen LogP contribution in [0.2, 0.25) is 0 Å². The molecule has 0 aromatic heterocycles. The summed E-state index contributed by atoms with van der Waals surface area (Å²) in [7, 11) is 1.46. The molecule has 2 aliphatic rings. The number of carbonyl (C=O) groups is 1. The Balaban J connectivity index is 1.66. The zero-order valence-corrected chi connectivity index (χ0v) is 23.4. The van der Waals surface area contributed by atoms with Gasteiger partial charge in [0.1, 0.15) is 35.4 Å². The second kappa shape index (κ2) is 12.5. The third kappa shape index (κ3) is 7.55. The summed E-state index contributed by atoms with van der Waals surface area (Å²) in [5.74, 6) is 0. The maximum Gasteiger partial charge on any atom is 0.417 e. The first-order chi connectivity index (χ1) is 18.8. The normalized spacial score (nSPS) is 25.6. The molecule has 0 radical (unpaired) electrons. The summed E-state index contributed by atoms with van der Waals surface area (Å²) in [5, 5.41) is 10.6. The Morgan fingerprint density at radius 3 is 2.02 bits per heavy atom. The molecule has 0 saturated carbocycles. The summed E-state index contributed by atoms with van der Waals surface area (Å²) in [4.78, 5) is 18.5. The van der Waals surface area contributed by atoms with E-state index < -0.39 is 53.8 Å². The van der Waals surface area contributed by atoms with E-state index in [0.29, 0.717) is 0 Å². The smallest absolute Gasteiger partial charge is 0.417 e. The van der Waals surface area contributed by atoms with Gasteiger partial charge in [0, 0.05) is 7.05 Å². The molecule has 0 bridgehead atoms. The highest BCUT2D eigenvalue weighted by Crippen LogP contribution is 2.42. The van der Waals surface area contributed by atoms with Crippen molar-refractivity contribution in [1.29, 1.82) is 0 Å². The molecule has 1 unspecified atom stereocenters. The summed E-state index contributed by atoms with van der Waals surface area (Å²) < 4.78 is 65.0. The number of thioether (sulfide) groups is 1. The molecule has 2 heterocycles. The first-order valence-corrected chi connectivity index (χ1v) is 13.6. The van der Waals surface area contributed by atoms with E-state index in [1.165, 1.54) is 11.9 Å². The van der Waals surface area contributed by atoms with Crippen molar-refractivity contribution in [2.45, 2.75) is 81.7 Å². The van der Waals surface area contributed by atoms with Crippen LogP contribution < -0.4 is 0 Å². The second-order valence-electron chi connectivity index (χ2n) is 10.5. The SMILES string of the molecule is CN(C(=O)OC(C)(C)C)C1=N[C@@H]2[C@@H](OCc3ccccc3)[C@H](OCc3ccccc3)[C@@H](C(O)C(F)(F)F)O[C@@H]2S1. The lowest BCUT2D eigenvalue weighted by Gasteiger charge is -2.44. The number of halogens is 3. The number of ether oxygens (including phenoxy) is 4. The van der Waals surface area contributed by atoms with Crippen molar-refractivity contribution in [1.82, 2.24) is 4.90 Å². The maximum atomic E-state index is 13.8. The van der Waals surface area contributed by atoms with Gasteiger partial charge in [0.15, 0.2) is 11.3 Å². The lowest BCUT2D eigenvalue weighted by molar-refractivity contribution is -0.283. The van der Waals surface area contributed by atoms with Crippen molar-refractivity contribution in [2.75, 3.05) is 7.05 Å². The van der Waals surface area contributed by atoms with E-state index in [1.807, 2.05) is 36.4 Å². The molecule has 2 aliphatic heterocycles. The predicted octanol–water partition coefficient (Wildman–Crippen LogP) is 5.14. The lowest BCUT2D eigenvalue weighted by atomic mass is 9.93. The van der Waals surface area contributed by atoms with Gasteiger partial charge in [0.2, 0.25) is 0 Å². The van der Waals surface area contributed by atoms with Gasteiger partial charge in [0.25, 0.3) is 0 Å². The van der Waals surface area contributed by atoms with E-state index in [4.69, 9.17) is 18.9 Å². The van der Waals surface area contributed by atoms with Gasteiger partial charge >= 0.3 is 12.3 Å². The number of amidine groups is 1. The second-order valence-corrected chi connectivity index (χ2v) is 11.6. The van der Waals surface area contributed by atoms with Gasteiger partial charge in [0.05, 0.1) is 13.2 Å². The minimum atomic E-state index is -4.98. The average Bonchev–Trinajstić information content (AvgIpc) is 3.33. The standard InChI is InChI=1S/C28H33F3N2O6S/c1-27(2,3)39-26(35)33(4)25-32-19-20(36-15-17-11-7-5-8-12-17)21(37-16-18-13-9-6-10-14-18)22(38-24(19)40-25)23(34)28(29,30)31/h5-14,19-24,34H,15-16H2,1-4H3/t19-,20-,21+,22+,23?,24-/m1/s1. The number of aliphatic imine (C=N–C) groups is 1. The minimum absolute atomic E-state index is 0.0416. The van der Waals surface area contributed by atoms with Gasteiger partial charge < -0.3 is 24.1 Å². The third-order valence-corrected chi connectivity index (χ3v) is 7.42. The van der Waals surface area contributed by atoms with Crippen LogP contribution in [0.5, 0.6) is 0 Å². The molecule has 6 atom stereocenters. The highest BCUT2D eigenvalue weighted by atomic mass is 32.2. The van der Waals surface area contributed by atoms with Crippen LogP contribution in [0.15, 0.2) is 65.7 Å². The Morgan fingerprint density at radius 1 is 1.00 bits per heavy atom. The van der Waals surface area contributed by atoms with Gasteiger partial charge in [-0.1, -0.05) is 72.4 Å². The first kappa shape index (κ1) is 30.3. The molecule has 0 aliphatic carbocycles. The van der Waals surface area contributed by atoms with Gasteiger partial charge in [-0.25, -0.2) is 4.79 Å². The summed E-state index contributed by atoms with van der Waals surface area (Å²) >= 11 is 0.970. The molecule has 1 amide bonds. The molecule has 1 fully saturated rings. The zero-order valence-electron chi connectivity index (χ0n) is 22.6. The van der Waals surface area contributed by atoms with E-state index in [1.54, 1.807) is 45.0 Å². The van der Waals surface area contributed by atoms with E-state index in [-0.39, 0.29) is 18.4 Å². The molecule has 40 heavy (non-hydrogen) atoms. The number of rotatable bonds is 7. The molecule has 1 saturated heterocycles. The fraction of sp³-hybridized carbons (Fsp3) is 0.500. The van der Waals surface area contributed by atoms with Gasteiger partial charge in [-0.2, -0.15) is 13.2 Å². The van der Waals surface area contributed by atoms with Crippen molar-refractivity contribution in [3.63, 3.8) is 0 Å². The predicted molar refractivity (Wildman–Crippen MR) is 144 cm³/mol. The van der Waals surface area contributed by atoms with Crippen molar-refractivity contribution in [3.8, 4) is 0 Å². The number of benzene rings is 2. The number of aliphatic hydroxyl groups excluding tert-OH is 1. The number of amides is 1. The molecule has 4 rings (SSSR count). The monoisotopic (exact) mass is 582 g/mol. The Bertz CT molecular complexity index is 1160. The van der Waals surface area contributed by atoms with E-state index in [9.17, 15) is 23.1 Å². The van der Waals surface area contributed by atoms with Crippen molar-refractivity contribution < 1.29 is 42.0 Å². The largest absolute Gasteiger partial charge is 0.443 e. The van der Waals surface area contributed by atoms with E-state index in [0.717, 1.165) is 22.9 Å². The van der Waals surface area contributed by atoms with Crippen LogP contribution in [0.25, 0.3) is 0 Å². The third-order valence-electron chi connectivity index (χ3n) is 6.21. The van der Waals surface area contributed by atoms with Gasteiger partial charge in [-0.15, -0.1) is 0 Å². The number of fused-ring (bicyclic) bond motifs is 1. The molecule has 12 heteroatoms. The van der Waals surface area contributed by atoms with Crippen LogP contribution in [-0.2, 0) is 32.2 Å². The van der Waals surface area contributed by atoms with E-state index in [2.05, 4.69) is 4.99 Å². The average molecular weight is 583 g/mol. The van der Waals surface area contributed by atoms with Crippen LogP contribution in [0.1, 0.15) is 31.9 Å². The van der Waals surface area contributed by atoms with E-state index >= 15 is 0 Å². The molecule has 0 spiro atoms. The van der Waals surface area contributed by atoms with Crippen molar-refractivity contribution in [3.05, 3.63) is 71.8 Å². The summed E-state index contributed by atoms with van der Waals surface area (Å²) in [6.07, 6.45) is -12.7. The Kier molecular flexibility index (Phi) is 9.46.